The van der Waals surface area contributed by atoms with Gasteiger partial charge in [0.25, 0.3) is 5.91 Å². The second-order valence-corrected chi connectivity index (χ2v) is 6.27. The van der Waals surface area contributed by atoms with Gasteiger partial charge in [-0.2, -0.15) is 18.3 Å². The topological polar surface area (TPSA) is 108 Å². The van der Waals surface area contributed by atoms with E-state index in [9.17, 15) is 22.8 Å². The van der Waals surface area contributed by atoms with Crippen molar-refractivity contribution < 1.29 is 32.2 Å². The van der Waals surface area contributed by atoms with E-state index in [1.165, 1.54) is 50.7 Å². The van der Waals surface area contributed by atoms with Gasteiger partial charge in [0.1, 0.15) is 5.75 Å². The Kier molecular flexibility index (Phi) is 5.86. The summed E-state index contributed by atoms with van der Waals surface area (Å²) in [6, 6.07) is 8.67. The number of ether oxygens (including phenoxy) is 2. The first-order chi connectivity index (χ1) is 14.6. The maximum absolute atomic E-state index is 13.0. The number of carbonyl (C=O) groups excluding carboxylic acids is 2. The van der Waals surface area contributed by atoms with Gasteiger partial charge < -0.3 is 20.5 Å². The van der Waals surface area contributed by atoms with Crippen LogP contribution in [0.3, 0.4) is 0 Å². The number of hydrogen-bond acceptors (Lipinski definition) is 5. The summed E-state index contributed by atoms with van der Waals surface area (Å²) in [5, 5.41) is 6.60. The first-order valence-corrected chi connectivity index (χ1v) is 8.74. The summed E-state index contributed by atoms with van der Waals surface area (Å²) >= 11 is 0. The Morgan fingerprint density at radius 3 is 2.39 bits per heavy atom. The molecule has 3 N–H and O–H groups in total. The summed E-state index contributed by atoms with van der Waals surface area (Å²) in [6.07, 6.45) is -3.25. The molecule has 2 amide bonds. The molecular weight excluding hydrogens is 417 g/mol. The second kappa shape index (κ2) is 8.38. The number of primary amides is 1. The van der Waals surface area contributed by atoms with Crippen molar-refractivity contribution in [1.82, 2.24) is 9.78 Å². The number of carbonyl (C=O) groups is 2. The fraction of sp³-hybridized carbons (Fsp3) is 0.150. The lowest BCUT2D eigenvalue weighted by molar-refractivity contribution is -0.137. The molecule has 3 rings (SSSR count). The first kappa shape index (κ1) is 21.7. The first-order valence-electron chi connectivity index (χ1n) is 8.74. The number of aromatic nitrogens is 2. The molecule has 0 saturated heterocycles. The Morgan fingerprint density at radius 1 is 1.06 bits per heavy atom. The monoisotopic (exact) mass is 434 g/mol. The minimum absolute atomic E-state index is 0.0277. The van der Waals surface area contributed by atoms with E-state index in [4.69, 9.17) is 15.2 Å². The van der Waals surface area contributed by atoms with Gasteiger partial charge in [0.2, 0.25) is 5.91 Å². The van der Waals surface area contributed by atoms with Crippen LogP contribution in [0.2, 0.25) is 0 Å². The lowest BCUT2D eigenvalue weighted by atomic mass is 10.1. The van der Waals surface area contributed by atoms with Gasteiger partial charge in [-0.3, -0.25) is 9.59 Å². The molecule has 11 heteroatoms. The number of anilines is 1. The SMILES string of the molecule is COc1ccc(C(N)=O)cc1NC(=O)c1nn(-c2cccc(C(F)(F)F)c2)cc1OC. The lowest BCUT2D eigenvalue weighted by Crippen LogP contribution is -2.16. The highest BCUT2D eigenvalue weighted by Gasteiger charge is 2.31. The van der Waals surface area contributed by atoms with Gasteiger partial charge in [-0.05, 0) is 36.4 Å². The molecule has 0 bridgehead atoms. The standard InChI is InChI=1S/C20H17F3N4O4/c1-30-15-7-6-11(18(24)28)8-14(15)25-19(29)17-16(31-2)10-27(26-17)13-5-3-4-12(9-13)20(21,22)23/h3-10H,1-2H3,(H2,24,28)(H,25,29). The molecule has 3 aromatic rings. The van der Waals surface area contributed by atoms with Crippen LogP contribution in [0.5, 0.6) is 11.5 Å². The van der Waals surface area contributed by atoms with Crippen molar-refractivity contribution in [2.45, 2.75) is 6.18 Å². The average molecular weight is 434 g/mol. The Hall–Kier alpha value is -4.02. The number of halogens is 3. The van der Waals surface area contributed by atoms with E-state index in [-0.39, 0.29) is 34.1 Å². The lowest BCUT2D eigenvalue weighted by Gasteiger charge is -2.11. The molecule has 1 heterocycles. The number of rotatable bonds is 6. The molecule has 31 heavy (non-hydrogen) atoms. The fourth-order valence-electron chi connectivity index (χ4n) is 2.76. The zero-order valence-corrected chi connectivity index (χ0v) is 16.4. The average Bonchev–Trinajstić information content (AvgIpc) is 3.18. The molecule has 1 aromatic heterocycles. The van der Waals surface area contributed by atoms with Crippen LogP contribution >= 0.6 is 0 Å². The van der Waals surface area contributed by atoms with Crippen molar-refractivity contribution in [3.8, 4) is 17.2 Å². The van der Waals surface area contributed by atoms with Crippen LogP contribution in [-0.2, 0) is 6.18 Å². The molecule has 0 aliphatic rings. The van der Waals surface area contributed by atoms with Crippen LogP contribution in [0.15, 0.2) is 48.7 Å². The van der Waals surface area contributed by atoms with Crippen LogP contribution in [0.25, 0.3) is 5.69 Å². The van der Waals surface area contributed by atoms with Crippen LogP contribution in [-0.4, -0.2) is 35.8 Å². The number of nitrogens with zero attached hydrogens (tertiary/aromatic N) is 2. The maximum Gasteiger partial charge on any atom is 0.416 e. The Balaban J connectivity index is 1.96. The number of nitrogens with two attached hydrogens (primary N) is 1. The van der Waals surface area contributed by atoms with Crippen LogP contribution < -0.4 is 20.5 Å². The Bertz CT molecular complexity index is 1140. The molecule has 8 nitrogen and oxygen atoms in total. The molecule has 0 unspecified atom stereocenters. The van der Waals surface area contributed by atoms with Gasteiger partial charge in [-0.15, -0.1) is 0 Å². The van der Waals surface area contributed by atoms with E-state index < -0.39 is 23.6 Å². The van der Waals surface area contributed by atoms with E-state index in [2.05, 4.69) is 10.4 Å². The zero-order valence-electron chi connectivity index (χ0n) is 16.4. The third kappa shape index (κ3) is 4.60. The van der Waals surface area contributed by atoms with E-state index in [1.54, 1.807) is 0 Å². The smallest absolute Gasteiger partial charge is 0.416 e. The van der Waals surface area contributed by atoms with Crippen LogP contribution in [0.4, 0.5) is 18.9 Å². The van der Waals surface area contributed by atoms with E-state index in [0.29, 0.717) is 0 Å². The van der Waals surface area contributed by atoms with E-state index in [1.807, 2.05) is 0 Å². The number of amides is 2. The normalized spacial score (nSPS) is 11.1. The Labute approximate surface area is 174 Å². The molecule has 2 aromatic carbocycles. The summed E-state index contributed by atoms with van der Waals surface area (Å²) in [4.78, 5) is 24.2. The number of hydrogen-bond donors (Lipinski definition) is 2. The maximum atomic E-state index is 13.0. The second-order valence-electron chi connectivity index (χ2n) is 6.27. The predicted molar refractivity (Wildman–Crippen MR) is 105 cm³/mol. The van der Waals surface area contributed by atoms with Crippen molar-refractivity contribution in [2.75, 3.05) is 19.5 Å². The van der Waals surface area contributed by atoms with Crippen LogP contribution in [0.1, 0.15) is 26.4 Å². The highest BCUT2D eigenvalue weighted by molar-refractivity contribution is 6.06. The summed E-state index contributed by atoms with van der Waals surface area (Å²) in [6.45, 7) is 0. The number of benzene rings is 2. The summed E-state index contributed by atoms with van der Waals surface area (Å²) in [5.74, 6) is -1.15. The van der Waals surface area contributed by atoms with Crippen molar-refractivity contribution in [3.05, 3.63) is 65.5 Å². The van der Waals surface area contributed by atoms with Crippen LogP contribution in [0, 0.1) is 0 Å². The fourth-order valence-corrected chi connectivity index (χ4v) is 2.76. The number of nitrogens with one attached hydrogen (secondary N) is 1. The Morgan fingerprint density at radius 2 is 1.77 bits per heavy atom. The summed E-state index contributed by atoms with van der Waals surface area (Å²) in [5.41, 5.74) is 4.59. The molecule has 0 spiro atoms. The molecule has 162 valence electrons. The molecular formula is C20H17F3N4O4. The minimum Gasteiger partial charge on any atom is -0.495 e. The van der Waals surface area contributed by atoms with Crippen molar-refractivity contribution in [1.29, 1.82) is 0 Å². The van der Waals surface area contributed by atoms with Gasteiger partial charge >= 0.3 is 6.18 Å². The molecule has 0 atom stereocenters. The summed E-state index contributed by atoms with van der Waals surface area (Å²) < 4.78 is 50.4. The number of alkyl halides is 3. The molecule has 0 radical (unpaired) electrons. The quantitative estimate of drug-likeness (QED) is 0.619. The van der Waals surface area contributed by atoms with Crippen molar-refractivity contribution in [2.24, 2.45) is 5.73 Å². The largest absolute Gasteiger partial charge is 0.495 e. The number of methoxy groups -OCH3 is 2. The molecule has 0 aliphatic heterocycles. The highest BCUT2D eigenvalue weighted by atomic mass is 19.4. The van der Waals surface area contributed by atoms with Gasteiger partial charge in [0, 0.05) is 5.56 Å². The van der Waals surface area contributed by atoms with Gasteiger partial charge in [0.15, 0.2) is 11.4 Å². The molecule has 0 saturated carbocycles. The third-order valence-corrected chi connectivity index (χ3v) is 4.29. The third-order valence-electron chi connectivity index (χ3n) is 4.29. The van der Waals surface area contributed by atoms with E-state index >= 15 is 0 Å². The zero-order chi connectivity index (χ0) is 22.8. The van der Waals surface area contributed by atoms with Gasteiger partial charge in [-0.25, -0.2) is 4.68 Å². The molecule has 0 fully saturated rings. The predicted octanol–water partition coefficient (Wildman–Crippen LogP) is 3.26. The molecule has 0 aliphatic carbocycles. The minimum atomic E-state index is -4.53. The van der Waals surface area contributed by atoms with Crippen molar-refractivity contribution in [3.63, 3.8) is 0 Å². The van der Waals surface area contributed by atoms with Gasteiger partial charge in [0.05, 0.1) is 37.4 Å². The van der Waals surface area contributed by atoms with Crippen molar-refractivity contribution >= 4 is 17.5 Å². The highest BCUT2D eigenvalue weighted by Crippen LogP contribution is 2.31. The van der Waals surface area contributed by atoms with Gasteiger partial charge in [-0.1, -0.05) is 6.07 Å². The van der Waals surface area contributed by atoms with E-state index in [0.717, 1.165) is 16.8 Å². The summed E-state index contributed by atoms with van der Waals surface area (Å²) in [7, 11) is 2.66.